The Balaban J connectivity index is 1.23. The first-order chi connectivity index (χ1) is 16.1. The highest BCUT2D eigenvalue weighted by atomic mass is 32.1. The van der Waals surface area contributed by atoms with Crippen LogP contribution in [-0.4, -0.2) is 54.1 Å². The molecule has 1 amide bonds. The number of carbonyl (C=O) groups excluding carboxylic acids is 1. The second-order valence-corrected chi connectivity index (χ2v) is 8.60. The van der Waals surface area contributed by atoms with Crippen LogP contribution in [0, 0.1) is 0 Å². The summed E-state index contributed by atoms with van der Waals surface area (Å²) in [6, 6.07) is 15.2. The molecule has 168 valence electrons. The molecule has 1 saturated heterocycles. The molecule has 0 aliphatic carbocycles. The molecule has 3 N–H and O–H groups in total. The molecule has 4 aromatic rings. The van der Waals surface area contributed by atoms with Crippen LogP contribution in [0.15, 0.2) is 54.7 Å². The standard InChI is InChI=1S/C23H23N7O2S/c1-32-16-8-6-15(7-9-16)26-21(31)17-14-25-22(28-20(17)24)29-10-12-30(13-11-29)23-27-18-4-2-3-5-19(18)33-23/h2-9,14H,10-13H2,1H3,(H,26,31)(H2,24,25,28). The number of nitrogens with two attached hydrogens (primary N) is 1. The third kappa shape index (κ3) is 4.37. The van der Waals surface area contributed by atoms with Crippen LogP contribution in [0.25, 0.3) is 10.2 Å². The number of nitrogens with zero attached hydrogens (tertiary/aromatic N) is 5. The van der Waals surface area contributed by atoms with Crippen molar-refractivity contribution in [2.75, 3.05) is 54.1 Å². The van der Waals surface area contributed by atoms with Crippen LogP contribution in [0.3, 0.4) is 0 Å². The minimum atomic E-state index is -0.357. The van der Waals surface area contributed by atoms with Crippen LogP contribution in [0.2, 0.25) is 0 Å². The first-order valence-electron chi connectivity index (χ1n) is 10.5. The number of para-hydroxylation sites is 1. The van der Waals surface area contributed by atoms with Crippen LogP contribution < -0.4 is 25.6 Å². The summed E-state index contributed by atoms with van der Waals surface area (Å²) in [6.07, 6.45) is 1.48. The SMILES string of the molecule is COc1ccc(NC(=O)c2cnc(N3CCN(c4nc5ccccc5s4)CC3)nc2N)cc1. The van der Waals surface area contributed by atoms with Gasteiger partial charge in [-0.3, -0.25) is 4.79 Å². The van der Waals surface area contributed by atoms with E-state index in [1.165, 1.54) is 10.9 Å². The van der Waals surface area contributed by atoms with Crippen molar-refractivity contribution in [1.82, 2.24) is 15.0 Å². The number of amides is 1. The van der Waals surface area contributed by atoms with Gasteiger partial charge in [0.1, 0.15) is 17.1 Å². The van der Waals surface area contributed by atoms with Crippen molar-refractivity contribution in [1.29, 1.82) is 0 Å². The largest absolute Gasteiger partial charge is 0.497 e. The molecule has 1 aliphatic heterocycles. The molecule has 0 saturated carbocycles. The van der Waals surface area contributed by atoms with Crippen molar-refractivity contribution in [3.8, 4) is 5.75 Å². The molecule has 0 unspecified atom stereocenters. The molecule has 2 aromatic heterocycles. The maximum Gasteiger partial charge on any atom is 0.260 e. The van der Waals surface area contributed by atoms with Crippen molar-refractivity contribution >= 4 is 50.0 Å². The fourth-order valence-corrected chi connectivity index (χ4v) is 4.70. The van der Waals surface area contributed by atoms with E-state index < -0.39 is 0 Å². The number of aromatic nitrogens is 3. The van der Waals surface area contributed by atoms with Crippen LogP contribution in [0.1, 0.15) is 10.4 Å². The second-order valence-electron chi connectivity index (χ2n) is 7.59. The third-order valence-electron chi connectivity index (χ3n) is 5.51. The number of rotatable bonds is 5. The van der Waals surface area contributed by atoms with Crippen molar-refractivity contribution < 1.29 is 9.53 Å². The van der Waals surface area contributed by atoms with Crippen LogP contribution in [-0.2, 0) is 0 Å². The first kappa shape index (κ1) is 21.0. The average Bonchev–Trinajstić information content (AvgIpc) is 3.29. The van der Waals surface area contributed by atoms with Gasteiger partial charge in [-0.1, -0.05) is 23.5 Å². The lowest BCUT2D eigenvalue weighted by molar-refractivity contribution is 0.102. The molecule has 0 radical (unpaired) electrons. The van der Waals surface area contributed by atoms with E-state index in [1.807, 2.05) is 18.2 Å². The maximum atomic E-state index is 12.6. The summed E-state index contributed by atoms with van der Waals surface area (Å²) < 4.78 is 6.32. The second kappa shape index (κ2) is 8.91. The van der Waals surface area contributed by atoms with Gasteiger partial charge in [-0.2, -0.15) is 4.98 Å². The molecule has 10 heteroatoms. The van der Waals surface area contributed by atoms with E-state index in [2.05, 4.69) is 31.2 Å². The van der Waals surface area contributed by atoms with Crippen LogP contribution in [0.5, 0.6) is 5.75 Å². The third-order valence-corrected chi connectivity index (χ3v) is 6.61. The molecule has 1 aliphatic rings. The van der Waals surface area contributed by atoms with Gasteiger partial charge in [0.2, 0.25) is 5.95 Å². The predicted molar refractivity (Wildman–Crippen MR) is 131 cm³/mol. The minimum Gasteiger partial charge on any atom is -0.497 e. The van der Waals surface area contributed by atoms with E-state index in [0.717, 1.165) is 36.8 Å². The van der Waals surface area contributed by atoms with Crippen molar-refractivity contribution in [2.24, 2.45) is 0 Å². The van der Waals surface area contributed by atoms with Gasteiger partial charge in [-0.05, 0) is 36.4 Å². The van der Waals surface area contributed by atoms with Gasteiger partial charge < -0.3 is 25.6 Å². The van der Waals surface area contributed by atoms with Crippen molar-refractivity contribution in [3.05, 3.63) is 60.3 Å². The minimum absolute atomic E-state index is 0.152. The van der Waals surface area contributed by atoms with Crippen LogP contribution in [0.4, 0.5) is 22.6 Å². The Morgan fingerprint density at radius 2 is 1.76 bits per heavy atom. The topological polar surface area (TPSA) is 110 Å². The van der Waals surface area contributed by atoms with E-state index in [-0.39, 0.29) is 17.3 Å². The molecule has 33 heavy (non-hydrogen) atoms. The van der Waals surface area contributed by atoms with Gasteiger partial charge >= 0.3 is 0 Å². The molecule has 0 spiro atoms. The first-order valence-corrected chi connectivity index (χ1v) is 11.4. The van der Waals surface area contributed by atoms with Crippen molar-refractivity contribution in [3.63, 3.8) is 0 Å². The summed E-state index contributed by atoms with van der Waals surface area (Å²) >= 11 is 1.70. The number of thiazole rings is 1. The van der Waals surface area contributed by atoms with Gasteiger partial charge in [0, 0.05) is 38.1 Å². The van der Waals surface area contributed by atoms with E-state index in [1.54, 1.807) is 42.7 Å². The predicted octanol–water partition coefficient (Wildman–Crippen LogP) is 3.26. The van der Waals surface area contributed by atoms with Gasteiger partial charge in [0.05, 0.1) is 17.3 Å². The summed E-state index contributed by atoms with van der Waals surface area (Å²) in [5.41, 5.74) is 8.01. The lowest BCUT2D eigenvalue weighted by Crippen LogP contribution is -2.47. The Morgan fingerprint density at radius 1 is 1.03 bits per heavy atom. The van der Waals surface area contributed by atoms with Gasteiger partial charge in [-0.25, -0.2) is 9.97 Å². The summed E-state index contributed by atoms with van der Waals surface area (Å²) in [7, 11) is 1.59. The number of fused-ring (bicyclic) bond motifs is 1. The number of piperazine rings is 1. The molecular weight excluding hydrogens is 438 g/mol. The highest BCUT2D eigenvalue weighted by Gasteiger charge is 2.23. The number of methoxy groups -OCH3 is 1. The molecule has 0 bridgehead atoms. The zero-order valence-electron chi connectivity index (χ0n) is 18.1. The number of ether oxygens (including phenoxy) is 1. The molecule has 5 rings (SSSR count). The molecule has 9 nitrogen and oxygen atoms in total. The highest BCUT2D eigenvalue weighted by Crippen LogP contribution is 2.29. The highest BCUT2D eigenvalue weighted by molar-refractivity contribution is 7.22. The van der Waals surface area contributed by atoms with Crippen molar-refractivity contribution in [2.45, 2.75) is 0 Å². The normalized spacial score (nSPS) is 13.8. The number of carbonyl (C=O) groups is 1. The zero-order chi connectivity index (χ0) is 22.8. The lowest BCUT2D eigenvalue weighted by atomic mass is 10.2. The molecule has 3 heterocycles. The zero-order valence-corrected chi connectivity index (χ0v) is 18.9. The summed E-state index contributed by atoms with van der Waals surface area (Å²) in [6.45, 7) is 3.10. The quantitative estimate of drug-likeness (QED) is 0.466. The summed E-state index contributed by atoms with van der Waals surface area (Å²) in [5, 5.41) is 3.83. The molecule has 1 fully saturated rings. The molecule has 2 aromatic carbocycles. The number of benzene rings is 2. The van der Waals surface area contributed by atoms with Gasteiger partial charge in [0.15, 0.2) is 5.13 Å². The molecule has 0 atom stereocenters. The summed E-state index contributed by atoms with van der Waals surface area (Å²) in [5.74, 6) is 1.03. The van der Waals surface area contributed by atoms with Gasteiger partial charge in [-0.15, -0.1) is 0 Å². The number of anilines is 4. The average molecular weight is 462 g/mol. The Bertz CT molecular complexity index is 1250. The Hall–Kier alpha value is -3.92. The lowest BCUT2D eigenvalue weighted by Gasteiger charge is -2.34. The summed E-state index contributed by atoms with van der Waals surface area (Å²) in [4.78, 5) is 30.5. The fraction of sp³-hybridized carbons (Fsp3) is 0.217. The number of nitrogens with one attached hydrogen (secondary N) is 1. The van der Waals surface area contributed by atoms with E-state index in [0.29, 0.717) is 17.4 Å². The fourth-order valence-electron chi connectivity index (χ4n) is 3.68. The van der Waals surface area contributed by atoms with Crippen LogP contribution >= 0.6 is 11.3 Å². The van der Waals surface area contributed by atoms with E-state index in [4.69, 9.17) is 15.5 Å². The Morgan fingerprint density at radius 3 is 2.45 bits per heavy atom. The number of nitrogen functional groups attached to an aromatic ring is 1. The van der Waals surface area contributed by atoms with E-state index in [9.17, 15) is 4.79 Å². The monoisotopic (exact) mass is 461 g/mol. The number of hydrogen-bond donors (Lipinski definition) is 2. The molecular formula is C23H23N7O2S. The number of hydrogen-bond acceptors (Lipinski definition) is 9. The maximum absolute atomic E-state index is 12.6. The Kier molecular flexibility index (Phi) is 5.66. The smallest absolute Gasteiger partial charge is 0.260 e. The van der Waals surface area contributed by atoms with Gasteiger partial charge in [0.25, 0.3) is 5.91 Å². The van der Waals surface area contributed by atoms with E-state index >= 15 is 0 Å². The Labute approximate surface area is 194 Å².